The summed E-state index contributed by atoms with van der Waals surface area (Å²) in [7, 11) is -3.35. The van der Waals surface area contributed by atoms with Crippen LogP contribution in [0.3, 0.4) is 0 Å². The molecule has 0 aliphatic carbocycles. The maximum Gasteiger partial charge on any atom is 0.185 e. The van der Waals surface area contributed by atoms with Gasteiger partial charge in [-0.2, -0.15) is 0 Å². The van der Waals surface area contributed by atoms with Crippen LogP contribution in [0.4, 0.5) is 4.39 Å². The van der Waals surface area contributed by atoms with Gasteiger partial charge in [0, 0.05) is 0 Å². The molecule has 0 spiro atoms. The fourth-order valence-corrected chi connectivity index (χ4v) is 2.61. The summed E-state index contributed by atoms with van der Waals surface area (Å²) >= 11 is 0. The summed E-state index contributed by atoms with van der Waals surface area (Å²) in [6.07, 6.45) is 0. The van der Waals surface area contributed by atoms with Crippen LogP contribution in [0.15, 0.2) is 17.0 Å². The molecule has 0 atom stereocenters. The number of rotatable bonds is 0. The molecule has 1 heterocycles. The van der Waals surface area contributed by atoms with Crippen LogP contribution in [0.25, 0.3) is 0 Å². The van der Waals surface area contributed by atoms with Gasteiger partial charge in [0.05, 0.1) is 5.75 Å². The molecule has 0 fully saturated rings. The molecule has 1 aromatic rings. The molecule has 1 aliphatic rings. The summed E-state index contributed by atoms with van der Waals surface area (Å²) in [5.41, 5.74) is 0.390. The molecule has 0 saturated heterocycles. The molecule has 0 unspecified atom stereocenters. The summed E-state index contributed by atoms with van der Waals surface area (Å²) in [5, 5.41) is 0. The Labute approximate surface area is 81.4 Å². The molecule has 0 amide bonds. The second-order valence-electron chi connectivity index (χ2n) is 3.19. The summed E-state index contributed by atoms with van der Waals surface area (Å²) in [6, 6.07) is 2.84. The van der Waals surface area contributed by atoms with Crippen LogP contribution in [-0.2, 0) is 9.84 Å². The van der Waals surface area contributed by atoms with Crippen molar-refractivity contribution in [3.05, 3.63) is 23.5 Å². The van der Waals surface area contributed by atoms with Gasteiger partial charge in [-0.3, -0.25) is 0 Å². The topological polar surface area (TPSA) is 43.4 Å². The number of aryl methyl sites for hydroxylation is 1. The third-order valence-electron chi connectivity index (χ3n) is 2.19. The predicted molar refractivity (Wildman–Crippen MR) is 48.7 cm³/mol. The molecule has 0 radical (unpaired) electrons. The van der Waals surface area contributed by atoms with Crippen molar-refractivity contribution in [2.45, 2.75) is 11.8 Å². The van der Waals surface area contributed by atoms with Crippen molar-refractivity contribution >= 4 is 9.84 Å². The number of hydrogen-bond donors (Lipinski definition) is 0. The Kier molecular flexibility index (Phi) is 1.99. The smallest absolute Gasteiger partial charge is 0.185 e. The van der Waals surface area contributed by atoms with Crippen molar-refractivity contribution in [1.29, 1.82) is 0 Å². The minimum Gasteiger partial charge on any atom is -0.488 e. The summed E-state index contributed by atoms with van der Waals surface area (Å²) in [4.78, 5) is -0.0353. The molecule has 1 aromatic carbocycles. The fourth-order valence-electron chi connectivity index (χ4n) is 1.38. The van der Waals surface area contributed by atoms with Crippen molar-refractivity contribution < 1.29 is 17.5 Å². The van der Waals surface area contributed by atoms with Crippen LogP contribution in [0.2, 0.25) is 0 Å². The SMILES string of the molecule is Cc1ccc2c(c1F)OCCS2(=O)=O. The van der Waals surface area contributed by atoms with Gasteiger partial charge >= 0.3 is 0 Å². The Morgan fingerprint density at radius 1 is 1.43 bits per heavy atom. The predicted octanol–water partition coefficient (Wildman–Crippen LogP) is 1.30. The third-order valence-corrected chi connectivity index (χ3v) is 3.88. The Hall–Kier alpha value is -1.10. The van der Waals surface area contributed by atoms with Crippen LogP contribution >= 0.6 is 0 Å². The van der Waals surface area contributed by atoms with Gasteiger partial charge in [0.1, 0.15) is 11.5 Å². The Bertz CT molecular complexity index is 479. The van der Waals surface area contributed by atoms with E-state index in [2.05, 4.69) is 0 Å². The summed E-state index contributed by atoms with van der Waals surface area (Å²) < 4.78 is 41.4. The van der Waals surface area contributed by atoms with Crippen molar-refractivity contribution in [2.24, 2.45) is 0 Å². The first-order valence-electron chi connectivity index (χ1n) is 4.17. The number of hydrogen-bond acceptors (Lipinski definition) is 3. The summed E-state index contributed by atoms with van der Waals surface area (Å²) in [6.45, 7) is 1.59. The van der Waals surface area contributed by atoms with E-state index in [1.165, 1.54) is 12.1 Å². The third kappa shape index (κ3) is 1.28. The van der Waals surface area contributed by atoms with Crippen LogP contribution in [0.5, 0.6) is 5.75 Å². The van der Waals surface area contributed by atoms with Crippen molar-refractivity contribution in [1.82, 2.24) is 0 Å². The number of benzene rings is 1. The van der Waals surface area contributed by atoms with E-state index < -0.39 is 15.7 Å². The van der Waals surface area contributed by atoms with Crippen LogP contribution in [0.1, 0.15) is 5.56 Å². The molecule has 0 N–H and O–H groups in total. The van der Waals surface area contributed by atoms with Gasteiger partial charge in [-0.05, 0) is 18.6 Å². The second kappa shape index (κ2) is 2.95. The average molecular weight is 216 g/mol. The van der Waals surface area contributed by atoms with E-state index >= 15 is 0 Å². The van der Waals surface area contributed by atoms with Gasteiger partial charge < -0.3 is 4.74 Å². The van der Waals surface area contributed by atoms with Crippen LogP contribution in [-0.4, -0.2) is 20.8 Å². The van der Waals surface area contributed by atoms with Crippen LogP contribution < -0.4 is 4.74 Å². The molecule has 1 aliphatic heterocycles. The molecule has 2 rings (SSSR count). The zero-order valence-corrected chi connectivity index (χ0v) is 8.40. The van der Waals surface area contributed by atoms with E-state index in [0.29, 0.717) is 5.56 Å². The highest BCUT2D eigenvalue weighted by Crippen LogP contribution is 2.32. The number of halogens is 1. The summed E-state index contributed by atoms with van der Waals surface area (Å²) in [5.74, 6) is -0.787. The van der Waals surface area contributed by atoms with E-state index in [1.807, 2.05) is 0 Å². The van der Waals surface area contributed by atoms with E-state index in [4.69, 9.17) is 4.74 Å². The maximum atomic E-state index is 13.4. The molecule has 0 bridgehead atoms. The van der Waals surface area contributed by atoms with Gasteiger partial charge in [0.15, 0.2) is 21.4 Å². The van der Waals surface area contributed by atoms with Gasteiger partial charge in [0.2, 0.25) is 0 Å². The van der Waals surface area contributed by atoms with E-state index in [1.54, 1.807) is 6.92 Å². The number of ether oxygens (including phenoxy) is 1. The molecule has 0 saturated carbocycles. The highest BCUT2D eigenvalue weighted by molar-refractivity contribution is 7.91. The second-order valence-corrected chi connectivity index (χ2v) is 5.27. The quantitative estimate of drug-likeness (QED) is 0.656. The first-order valence-corrected chi connectivity index (χ1v) is 5.82. The zero-order valence-electron chi connectivity index (χ0n) is 7.58. The molecule has 14 heavy (non-hydrogen) atoms. The Morgan fingerprint density at radius 2 is 2.14 bits per heavy atom. The minimum atomic E-state index is -3.35. The molecular formula is C9H9FO3S. The molecule has 76 valence electrons. The molecule has 3 nitrogen and oxygen atoms in total. The normalized spacial score (nSPS) is 18.4. The lowest BCUT2D eigenvalue weighted by atomic mass is 10.2. The van der Waals surface area contributed by atoms with Crippen molar-refractivity contribution in [2.75, 3.05) is 12.4 Å². The largest absolute Gasteiger partial charge is 0.488 e. The average Bonchev–Trinajstić information content (AvgIpc) is 2.11. The van der Waals surface area contributed by atoms with E-state index in [-0.39, 0.29) is 23.0 Å². The maximum absolute atomic E-state index is 13.4. The Balaban J connectivity index is 2.75. The van der Waals surface area contributed by atoms with Gasteiger partial charge in [-0.1, -0.05) is 6.07 Å². The number of fused-ring (bicyclic) bond motifs is 1. The standard InChI is InChI=1S/C9H9FO3S/c1-6-2-3-7-9(8(6)10)13-4-5-14(7,11)12/h2-3H,4-5H2,1H3. The molecule has 0 aromatic heterocycles. The first-order chi connectivity index (χ1) is 6.52. The van der Waals surface area contributed by atoms with Gasteiger partial charge in [-0.25, -0.2) is 12.8 Å². The van der Waals surface area contributed by atoms with Gasteiger partial charge in [0.25, 0.3) is 0 Å². The monoisotopic (exact) mass is 216 g/mol. The van der Waals surface area contributed by atoms with Crippen molar-refractivity contribution in [3.63, 3.8) is 0 Å². The van der Waals surface area contributed by atoms with Gasteiger partial charge in [-0.15, -0.1) is 0 Å². The lowest BCUT2D eigenvalue weighted by Gasteiger charge is -2.18. The molecular weight excluding hydrogens is 207 g/mol. The van der Waals surface area contributed by atoms with E-state index in [0.717, 1.165) is 0 Å². The van der Waals surface area contributed by atoms with Crippen LogP contribution in [0, 0.1) is 12.7 Å². The first kappa shape index (κ1) is 9.45. The van der Waals surface area contributed by atoms with E-state index in [9.17, 15) is 12.8 Å². The minimum absolute atomic E-state index is 0.0235. The lowest BCUT2D eigenvalue weighted by Crippen LogP contribution is -2.22. The number of sulfone groups is 1. The lowest BCUT2D eigenvalue weighted by molar-refractivity contribution is 0.303. The molecule has 5 heteroatoms. The zero-order chi connectivity index (χ0) is 10.3. The Morgan fingerprint density at radius 3 is 2.86 bits per heavy atom. The van der Waals surface area contributed by atoms with Crippen molar-refractivity contribution in [3.8, 4) is 5.75 Å². The highest BCUT2D eigenvalue weighted by Gasteiger charge is 2.27. The highest BCUT2D eigenvalue weighted by atomic mass is 32.2. The fraction of sp³-hybridized carbons (Fsp3) is 0.333.